The highest BCUT2D eigenvalue weighted by molar-refractivity contribution is 5.79. The summed E-state index contributed by atoms with van der Waals surface area (Å²) in [5.41, 5.74) is 1.59. The number of halogens is 1. The van der Waals surface area contributed by atoms with Gasteiger partial charge in [-0.1, -0.05) is 13.0 Å². The molecule has 0 spiro atoms. The second-order valence-electron chi connectivity index (χ2n) is 6.39. The standard InChI is InChI=1S/C18H28FN3O/c1-13-4-7-16(8-5-13)22-18(20-2)21-11-14-6-9-17(19)15(10-14)12-23-3/h6,9-10,13,16H,4-5,7-8,11-12H2,1-3H3,(H2,20,21,22). The van der Waals surface area contributed by atoms with Gasteiger partial charge in [0.15, 0.2) is 5.96 Å². The molecule has 1 aromatic rings. The van der Waals surface area contributed by atoms with E-state index in [-0.39, 0.29) is 12.4 Å². The minimum atomic E-state index is -0.227. The number of nitrogens with zero attached hydrogens (tertiary/aromatic N) is 1. The molecule has 1 aliphatic rings. The van der Waals surface area contributed by atoms with Crippen LogP contribution in [0.1, 0.15) is 43.7 Å². The second kappa shape index (κ2) is 8.87. The molecule has 4 nitrogen and oxygen atoms in total. The van der Waals surface area contributed by atoms with Crippen LogP contribution < -0.4 is 10.6 Å². The fourth-order valence-corrected chi connectivity index (χ4v) is 2.98. The predicted molar refractivity (Wildman–Crippen MR) is 91.9 cm³/mol. The zero-order chi connectivity index (χ0) is 16.7. The molecule has 0 radical (unpaired) electrons. The van der Waals surface area contributed by atoms with Crippen molar-refractivity contribution in [3.8, 4) is 0 Å². The second-order valence-corrected chi connectivity index (χ2v) is 6.39. The van der Waals surface area contributed by atoms with Crippen LogP contribution in [-0.4, -0.2) is 26.2 Å². The molecule has 2 N–H and O–H groups in total. The van der Waals surface area contributed by atoms with Gasteiger partial charge in [-0.2, -0.15) is 0 Å². The fraction of sp³-hybridized carbons (Fsp3) is 0.611. The summed E-state index contributed by atoms with van der Waals surface area (Å²) >= 11 is 0. The maximum atomic E-state index is 13.6. The monoisotopic (exact) mass is 321 g/mol. The van der Waals surface area contributed by atoms with Crippen molar-refractivity contribution in [1.82, 2.24) is 10.6 Å². The lowest BCUT2D eigenvalue weighted by atomic mass is 9.87. The van der Waals surface area contributed by atoms with E-state index in [9.17, 15) is 4.39 Å². The van der Waals surface area contributed by atoms with E-state index >= 15 is 0 Å². The van der Waals surface area contributed by atoms with Crippen LogP contribution in [0.2, 0.25) is 0 Å². The Balaban J connectivity index is 1.87. The molecule has 0 aliphatic heterocycles. The highest BCUT2D eigenvalue weighted by Crippen LogP contribution is 2.23. The maximum absolute atomic E-state index is 13.6. The van der Waals surface area contributed by atoms with Crippen LogP contribution in [0.15, 0.2) is 23.2 Å². The molecule has 1 fully saturated rings. The molecule has 5 heteroatoms. The highest BCUT2D eigenvalue weighted by atomic mass is 19.1. The Labute approximate surface area is 138 Å². The molecule has 0 unspecified atom stereocenters. The molecule has 1 aliphatic carbocycles. The van der Waals surface area contributed by atoms with Gasteiger partial charge in [-0.05, 0) is 49.3 Å². The van der Waals surface area contributed by atoms with Gasteiger partial charge in [0.2, 0.25) is 0 Å². The summed E-state index contributed by atoms with van der Waals surface area (Å²) < 4.78 is 18.6. The van der Waals surface area contributed by atoms with Gasteiger partial charge in [0.05, 0.1) is 6.61 Å². The van der Waals surface area contributed by atoms with Gasteiger partial charge in [0.25, 0.3) is 0 Å². The van der Waals surface area contributed by atoms with Crippen molar-refractivity contribution in [1.29, 1.82) is 0 Å². The summed E-state index contributed by atoms with van der Waals surface area (Å²) in [6.45, 7) is 3.21. The number of methoxy groups -OCH3 is 1. The summed E-state index contributed by atoms with van der Waals surface area (Å²) in [7, 11) is 3.35. The minimum absolute atomic E-state index is 0.227. The number of hydrogen-bond acceptors (Lipinski definition) is 2. The van der Waals surface area contributed by atoms with Gasteiger partial charge in [-0.25, -0.2) is 4.39 Å². The first-order valence-corrected chi connectivity index (χ1v) is 8.35. The predicted octanol–water partition coefficient (Wildman–Crippen LogP) is 3.22. The van der Waals surface area contributed by atoms with Gasteiger partial charge in [-0.3, -0.25) is 4.99 Å². The normalized spacial score (nSPS) is 22.0. The number of ether oxygens (including phenoxy) is 1. The van der Waals surface area contributed by atoms with Crippen molar-refractivity contribution in [2.45, 2.75) is 51.8 Å². The lowest BCUT2D eigenvalue weighted by Crippen LogP contribution is -2.44. The van der Waals surface area contributed by atoms with E-state index < -0.39 is 0 Å². The zero-order valence-electron chi connectivity index (χ0n) is 14.4. The van der Waals surface area contributed by atoms with Crippen molar-refractivity contribution in [3.63, 3.8) is 0 Å². The summed E-state index contributed by atoms with van der Waals surface area (Å²) in [5.74, 6) is 1.41. The van der Waals surface area contributed by atoms with Crippen LogP contribution in [0.3, 0.4) is 0 Å². The molecular formula is C18H28FN3O. The third-order valence-corrected chi connectivity index (χ3v) is 4.45. The molecule has 0 saturated heterocycles. The first-order chi connectivity index (χ1) is 11.1. The number of hydrogen-bond donors (Lipinski definition) is 2. The summed E-state index contributed by atoms with van der Waals surface area (Å²) in [6, 6.07) is 5.61. The number of benzene rings is 1. The Morgan fingerprint density at radius 3 is 2.70 bits per heavy atom. The van der Waals surface area contributed by atoms with E-state index in [0.29, 0.717) is 18.2 Å². The molecule has 0 aromatic heterocycles. The molecule has 128 valence electrons. The number of aliphatic imine (C=N–C) groups is 1. The first-order valence-electron chi connectivity index (χ1n) is 8.35. The fourth-order valence-electron chi connectivity index (χ4n) is 2.98. The first kappa shape index (κ1) is 17.7. The average molecular weight is 321 g/mol. The summed E-state index contributed by atoms with van der Waals surface area (Å²) in [6.07, 6.45) is 4.92. The van der Waals surface area contributed by atoms with Crippen LogP contribution in [0.25, 0.3) is 0 Å². The van der Waals surface area contributed by atoms with Gasteiger partial charge >= 0.3 is 0 Å². The molecule has 1 aromatic carbocycles. The van der Waals surface area contributed by atoms with E-state index in [1.807, 2.05) is 6.07 Å². The molecule has 23 heavy (non-hydrogen) atoms. The third-order valence-electron chi connectivity index (χ3n) is 4.45. The Morgan fingerprint density at radius 1 is 1.30 bits per heavy atom. The lowest BCUT2D eigenvalue weighted by molar-refractivity contribution is 0.181. The number of nitrogens with one attached hydrogen (secondary N) is 2. The highest BCUT2D eigenvalue weighted by Gasteiger charge is 2.18. The Hall–Kier alpha value is -1.62. The molecule has 2 rings (SSSR count). The van der Waals surface area contributed by atoms with Crippen LogP contribution in [0.5, 0.6) is 0 Å². The van der Waals surface area contributed by atoms with E-state index in [4.69, 9.17) is 4.74 Å². The topological polar surface area (TPSA) is 45.7 Å². The lowest BCUT2D eigenvalue weighted by Gasteiger charge is -2.28. The van der Waals surface area contributed by atoms with Crippen LogP contribution in [0.4, 0.5) is 4.39 Å². The van der Waals surface area contributed by atoms with Crippen molar-refractivity contribution < 1.29 is 9.13 Å². The van der Waals surface area contributed by atoms with Crippen molar-refractivity contribution in [2.24, 2.45) is 10.9 Å². The number of rotatable bonds is 5. The molecule has 0 amide bonds. The smallest absolute Gasteiger partial charge is 0.191 e. The van der Waals surface area contributed by atoms with E-state index in [1.54, 1.807) is 20.2 Å². The molecular weight excluding hydrogens is 293 g/mol. The van der Waals surface area contributed by atoms with E-state index in [2.05, 4.69) is 22.5 Å². The summed E-state index contributed by atoms with van der Waals surface area (Å²) in [5, 5.41) is 6.80. The molecule has 0 bridgehead atoms. The van der Waals surface area contributed by atoms with Crippen LogP contribution in [-0.2, 0) is 17.9 Å². The SMILES string of the molecule is CN=C(NCc1ccc(F)c(COC)c1)NC1CCC(C)CC1. The van der Waals surface area contributed by atoms with Crippen LogP contribution >= 0.6 is 0 Å². The summed E-state index contributed by atoms with van der Waals surface area (Å²) in [4.78, 5) is 4.29. The van der Waals surface area contributed by atoms with Gasteiger partial charge in [-0.15, -0.1) is 0 Å². The van der Waals surface area contributed by atoms with Crippen molar-refractivity contribution in [2.75, 3.05) is 14.2 Å². The molecule has 0 heterocycles. The Morgan fingerprint density at radius 2 is 2.04 bits per heavy atom. The van der Waals surface area contributed by atoms with E-state index in [0.717, 1.165) is 17.4 Å². The third kappa shape index (κ3) is 5.50. The maximum Gasteiger partial charge on any atom is 0.191 e. The quantitative estimate of drug-likeness (QED) is 0.646. The van der Waals surface area contributed by atoms with Crippen molar-refractivity contribution in [3.05, 3.63) is 35.1 Å². The van der Waals surface area contributed by atoms with Crippen LogP contribution in [0, 0.1) is 11.7 Å². The Bertz CT molecular complexity index is 525. The average Bonchev–Trinajstić information content (AvgIpc) is 2.56. The largest absolute Gasteiger partial charge is 0.380 e. The molecule has 1 saturated carbocycles. The number of guanidine groups is 1. The van der Waals surface area contributed by atoms with Gasteiger partial charge < -0.3 is 15.4 Å². The minimum Gasteiger partial charge on any atom is -0.380 e. The zero-order valence-corrected chi connectivity index (χ0v) is 14.4. The molecule has 0 atom stereocenters. The van der Waals surface area contributed by atoms with Gasteiger partial charge in [0, 0.05) is 32.3 Å². The van der Waals surface area contributed by atoms with Crippen molar-refractivity contribution >= 4 is 5.96 Å². The Kier molecular flexibility index (Phi) is 6.84. The van der Waals surface area contributed by atoms with E-state index in [1.165, 1.54) is 31.7 Å². The van der Waals surface area contributed by atoms with Gasteiger partial charge in [0.1, 0.15) is 5.82 Å².